The molecule has 0 aliphatic rings. The van der Waals surface area contributed by atoms with E-state index in [4.69, 9.17) is 0 Å². The first-order valence-corrected chi connectivity index (χ1v) is 5.89. The third-order valence-corrected chi connectivity index (χ3v) is 3.22. The molecule has 21 heavy (non-hydrogen) atoms. The van der Waals surface area contributed by atoms with Gasteiger partial charge in [0, 0.05) is 7.05 Å². The first kappa shape index (κ1) is 13.4. The molecule has 0 unspecified atom stereocenters. The second-order valence-corrected chi connectivity index (χ2v) is 4.51. The third-order valence-electron chi connectivity index (χ3n) is 3.22. The van der Waals surface area contributed by atoms with E-state index in [-0.39, 0.29) is 5.82 Å². The number of imidazole rings is 1. The van der Waals surface area contributed by atoms with E-state index in [0.717, 1.165) is 0 Å². The van der Waals surface area contributed by atoms with Gasteiger partial charge in [0.2, 0.25) is 5.82 Å². The zero-order valence-electron chi connectivity index (χ0n) is 10.7. The summed E-state index contributed by atoms with van der Waals surface area (Å²) in [5.74, 6) is -6.37. The summed E-state index contributed by atoms with van der Waals surface area (Å²) in [5.41, 5.74) is 0.302. The maximum Gasteiger partial charge on any atom is 0.203 e. The molecule has 0 amide bonds. The molecule has 0 aliphatic carbocycles. The van der Waals surface area contributed by atoms with Gasteiger partial charge >= 0.3 is 0 Å². The largest absolute Gasteiger partial charge is 0.503 e. The Morgan fingerprint density at radius 3 is 2.48 bits per heavy atom. The van der Waals surface area contributed by atoms with Crippen LogP contribution >= 0.6 is 0 Å². The van der Waals surface area contributed by atoms with E-state index < -0.39 is 34.6 Å². The quantitative estimate of drug-likeness (QED) is 0.551. The molecule has 0 saturated carbocycles. The Labute approximate surface area is 116 Å². The summed E-state index contributed by atoms with van der Waals surface area (Å²) >= 11 is 0. The third kappa shape index (κ3) is 1.93. The van der Waals surface area contributed by atoms with E-state index in [1.165, 1.54) is 29.8 Å². The second-order valence-electron chi connectivity index (χ2n) is 4.51. The van der Waals surface area contributed by atoms with Gasteiger partial charge in [0.05, 0.1) is 16.6 Å². The molecule has 0 aliphatic heterocycles. The number of hydrogen-bond donors (Lipinski definition) is 1. The van der Waals surface area contributed by atoms with Gasteiger partial charge in [-0.05, 0) is 24.3 Å². The highest BCUT2D eigenvalue weighted by Crippen LogP contribution is 2.33. The maximum atomic E-state index is 13.9. The van der Waals surface area contributed by atoms with E-state index in [0.29, 0.717) is 17.1 Å². The van der Waals surface area contributed by atoms with Crippen LogP contribution in [0.15, 0.2) is 24.3 Å². The molecule has 0 saturated heterocycles. The van der Waals surface area contributed by atoms with E-state index in [1.807, 2.05) is 0 Å². The van der Waals surface area contributed by atoms with Crippen molar-refractivity contribution in [3.8, 4) is 17.1 Å². The van der Waals surface area contributed by atoms with Crippen molar-refractivity contribution >= 4 is 11.0 Å². The fraction of sp³-hybridized carbons (Fsp3) is 0.0714. The van der Waals surface area contributed by atoms with Gasteiger partial charge in [-0.15, -0.1) is 0 Å². The lowest BCUT2D eigenvalue weighted by Crippen LogP contribution is -1.98. The van der Waals surface area contributed by atoms with Crippen LogP contribution in [-0.2, 0) is 7.05 Å². The van der Waals surface area contributed by atoms with Gasteiger partial charge in [0.25, 0.3) is 0 Å². The molecular formula is C14H8F4N2O. The normalized spacial score (nSPS) is 11.3. The molecule has 0 fully saturated rings. The van der Waals surface area contributed by atoms with Crippen LogP contribution in [0.2, 0.25) is 0 Å². The number of benzene rings is 2. The maximum absolute atomic E-state index is 13.9. The van der Waals surface area contributed by atoms with E-state index in [2.05, 4.69) is 4.98 Å². The topological polar surface area (TPSA) is 38.0 Å². The minimum atomic E-state index is -1.67. The predicted octanol–water partition coefficient (Wildman–Crippen LogP) is 3.50. The van der Waals surface area contributed by atoms with Gasteiger partial charge in [0.15, 0.2) is 17.4 Å². The highest BCUT2D eigenvalue weighted by molar-refractivity contribution is 5.81. The molecule has 1 aromatic heterocycles. The molecule has 1 heterocycles. The Morgan fingerprint density at radius 1 is 1.05 bits per heavy atom. The van der Waals surface area contributed by atoms with Crippen molar-refractivity contribution in [2.45, 2.75) is 0 Å². The standard InChI is InChI=1S/C14H8F4N2O/c1-20-10-4-6(15)2-3-9(10)19-14(20)7-5-8(16)12(18)13(21)11(7)17/h2-5,21H,1H3. The SMILES string of the molecule is Cn1c(-c2cc(F)c(F)c(O)c2F)nc2ccc(F)cc21. The van der Waals surface area contributed by atoms with Gasteiger partial charge in [-0.3, -0.25) is 0 Å². The summed E-state index contributed by atoms with van der Waals surface area (Å²) in [6, 6.07) is 4.34. The van der Waals surface area contributed by atoms with Crippen LogP contribution in [-0.4, -0.2) is 14.7 Å². The lowest BCUT2D eigenvalue weighted by Gasteiger charge is -2.07. The van der Waals surface area contributed by atoms with Crippen molar-refractivity contribution in [2.75, 3.05) is 0 Å². The first-order valence-electron chi connectivity index (χ1n) is 5.89. The summed E-state index contributed by atoms with van der Waals surface area (Å²) in [6.45, 7) is 0. The number of nitrogens with zero attached hydrogens (tertiary/aromatic N) is 2. The number of phenols is 1. The molecule has 0 radical (unpaired) electrons. The van der Waals surface area contributed by atoms with Crippen LogP contribution in [0.25, 0.3) is 22.4 Å². The number of aromatic nitrogens is 2. The number of hydrogen-bond acceptors (Lipinski definition) is 2. The molecule has 3 rings (SSSR count). The Bertz CT molecular complexity index is 873. The smallest absolute Gasteiger partial charge is 0.203 e. The van der Waals surface area contributed by atoms with Crippen LogP contribution in [0.3, 0.4) is 0 Å². The average molecular weight is 296 g/mol. The average Bonchev–Trinajstić information content (AvgIpc) is 2.78. The lowest BCUT2D eigenvalue weighted by atomic mass is 10.1. The van der Waals surface area contributed by atoms with Crippen molar-refractivity contribution in [1.29, 1.82) is 0 Å². The highest BCUT2D eigenvalue weighted by Gasteiger charge is 2.22. The molecule has 3 aromatic rings. The zero-order valence-corrected chi connectivity index (χ0v) is 10.7. The number of fused-ring (bicyclic) bond motifs is 1. The van der Waals surface area contributed by atoms with E-state index in [1.54, 1.807) is 0 Å². The minimum Gasteiger partial charge on any atom is -0.503 e. The van der Waals surface area contributed by atoms with Gasteiger partial charge < -0.3 is 9.67 Å². The molecule has 1 N–H and O–H groups in total. The summed E-state index contributed by atoms with van der Waals surface area (Å²) in [7, 11) is 1.47. The fourth-order valence-corrected chi connectivity index (χ4v) is 2.16. The molecule has 108 valence electrons. The molecule has 0 bridgehead atoms. The first-order chi connectivity index (χ1) is 9.90. The molecular weight excluding hydrogens is 288 g/mol. The molecule has 0 spiro atoms. The van der Waals surface area contributed by atoms with Gasteiger partial charge in [-0.25, -0.2) is 18.2 Å². The van der Waals surface area contributed by atoms with Crippen LogP contribution in [0.1, 0.15) is 0 Å². The second kappa shape index (κ2) is 4.47. The van der Waals surface area contributed by atoms with Crippen LogP contribution in [0.4, 0.5) is 17.6 Å². The van der Waals surface area contributed by atoms with Crippen LogP contribution in [0.5, 0.6) is 5.75 Å². The number of aromatic hydroxyl groups is 1. The molecule has 0 atom stereocenters. The summed E-state index contributed by atoms with van der Waals surface area (Å²) in [5, 5.41) is 9.25. The fourth-order valence-electron chi connectivity index (χ4n) is 2.16. The minimum absolute atomic E-state index is 0.0534. The van der Waals surface area contributed by atoms with Crippen LogP contribution < -0.4 is 0 Å². The highest BCUT2D eigenvalue weighted by atomic mass is 19.2. The summed E-state index contributed by atoms with van der Waals surface area (Å²) in [4.78, 5) is 4.05. The number of aryl methyl sites for hydroxylation is 1. The summed E-state index contributed by atoms with van der Waals surface area (Å²) in [6.07, 6.45) is 0. The van der Waals surface area contributed by atoms with E-state index in [9.17, 15) is 22.7 Å². The Morgan fingerprint density at radius 2 is 1.76 bits per heavy atom. The Balaban J connectivity index is 2.33. The van der Waals surface area contributed by atoms with Crippen molar-refractivity contribution in [1.82, 2.24) is 9.55 Å². The molecule has 7 heteroatoms. The summed E-state index contributed by atoms with van der Waals surface area (Å²) < 4.78 is 54.9. The lowest BCUT2D eigenvalue weighted by molar-refractivity contribution is 0.377. The van der Waals surface area contributed by atoms with Crippen molar-refractivity contribution < 1.29 is 22.7 Å². The van der Waals surface area contributed by atoms with Crippen LogP contribution in [0, 0.1) is 23.3 Å². The van der Waals surface area contributed by atoms with Crippen molar-refractivity contribution in [3.05, 3.63) is 47.5 Å². The molecule has 3 nitrogen and oxygen atoms in total. The van der Waals surface area contributed by atoms with E-state index >= 15 is 0 Å². The van der Waals surface area contributed by atoms with Gasteiger partial charge in [-0.2, -0.15) is 4.39 Å². The number of rotatable bonds is 1. The van der Waals surface area contributed by atoms with Crippen molar-refractivity contribution in [3.63, 3.8) is 0 Å². The monoisotopic (exact) mass is 296 g/mol. The number of halogens is 4. The Kier molecular flexibility index (Phi) is 2.86. The number of phenolic OH excluding ortho intramolecular Hbond substituents is 1. The zero-order chi connectivity index (χ0) is 15.3. The van der Waals surface area contributed by atoms with Gasteiger partial charge in [-0.1, -0.05) is 0 Å². The predicted molar refractivity (Wildman–Crippen MR) is 67.6 cm³/mol. The van der Waals surface area contributed by atoms with Gasteiger partial charge in [0.1, 0.15) is 11.6 Å². The Hall–Kier alpha value is -2.57. The van der Waals surface area contributed by atoms with Crippen molar-refractivity contribution in [2.24, 2.45) is 7.05 Å². The molecule has 2 aromatic carbocycles.